The Hall–Kier alpha value is -2.39. The molecule has 3 nitrogen and oxygen atoms in total. The van der Waals surface area contributed by atoms with Gasteiger partial charge in [0.2, 0.25) is 0 Å². The molecular formula is C21H18ClNO2. The molecule has 1 aromatic heterocycles. The van der Waals surface area contributed by atoms with Gasteiger partial charge in [0.25, 0.3) is 6.47 Å². The summed E-state index contributed by atoms with van der Waals surface area (Å²) >= 11 is 6.34. The molecule has 0 atom stereocenters. The Morgan fingerprint density at radius 1 is 1.24 bits per heavy atom. The SMILES string of the molecule is Cc1cc(Cl)cc2c(-c3ccccc3)c(COC=O)c(C3CC3)nc12. The number of fused-ring (bicyclic) bond motifs is 1. The van der Waals surface area contributed by atoms with E-state index in [0.717, 1.165) is 51.7 Å². The molecule has 1 saturated carbocycles. The number of hydrogen-bond donors (Lipinski definition) is 0. The molecule has 1 heterocycles. The molecule has 25 heavy (non-hydrogen) atoms. The average molecular weight is 352 g/mol. The van der Waals surface area contributed by atoms with E-state index in [1.165, 1.54) is 0 Å². The van der Waals surface area contributed by atoms with E-state index in [1.54, 1.807) is 0 Å². The summed E-state index contributed by atoms with van der Waals surface area (Å²) in [5, 5.41) is 1.69. The van der Waals surface area contributed by atoms with Gasteiger partial charge in [-0.25, -0.2) is 0 Å². The number of hydrogen-bond acceptors (Lipinski definition) is 3. The Labute approximate surface area is 151 Å². The quantitative estimate of drug-likeness (QED) is 0.576. The Morgan fingerprint density at radius 2 is 2.00 bits per heavy atom. The van der Waals surface area contributed by atoms with Crippen molar-refractivity contribution in [2.45, 2.75) is 32.3 Å². The van der Waals surface area contributed by atoms with Crippen LogP contribution in [0.25, 0.3) is 22.0 Å². The third kappa shape index (κ3) is 3.00. The number of nitrogens with zero attached hydrogens (tertiary/aromatic N) is 1. The number of benzene rings is 2. The zero-order chi connectivity index (χ0) is 17.4. The second-order valence-electron chi connectivity index (χ2n) is 6.52. The van der Waals surface area contributed by atoms with Crippen molar-refractivity contribution in [2.75, 3.05) is 0 Å². The molecule has 1 fully saturated rings. The highest BCUT2D eigenvalue weighted by Crippen LogP contribution is 2.45. The van der Waals surface area contributed by atoms with Crippen molar-refractivity contribution < 1.29 is 9.53 Å². The zero-order valence-electron chi connectivity index (χ0n) is 14.0. The van der Waals surface area contributed by atoms with E-state index >= 15 is 0 Å². The van der Waals surface area contributed by atoms with Crippen LogP contribution in [0.15, 0.2) is 42.5 Å². The minimum absolute atomic E-state index is 0.230. The van der Waals surface area contributed by atoms with E-state index < -0.39 is 0 Å². The molecule has 0 radical (unpaired) electrons. The van der Waals surface area contributed by atoms with E-state index in [0.29, 0.717) is 17.4 Å². The lowest BCUT2D eigenvalue weighted by Gasteiger charge is -2.18. The number of carbonyl (C=O) groups excluding carboxylic acids is 1. The number of aromatic nitrogens is 1. The van der Waals surface area contributed by atoms with Gasteiger partial charge in [0.1, 0.15) is 6.61 Å². The predicted octanol–water partition coefficient (Wildman–Crippen LogP) is 5.41. The molecule has 1 aliphatic rings. The van der Waals surface area contributed by atoms with Gasteiger partial charge < -0.3 is 4.74 Å². The topological polar surface area (TPSA) is 39.2 Å². The number of carbonyl (C=O) groups is 1. The molecule has 126 valence electrons. The van der Waals surface area contributed by atoms with Gasteiger partial charge in [0, 0.05) is 21.9 Å². The summed E-state index contributed by atoms with van der Waals surface area (Å²) in [6, 6.07) is 14.1. The van der Waals surface area contributed by atoms with Gasteiger partial charge in [-0.15, -0.1) is 0 Å². The van der Waals surface area contributed by atoms with Crippen LogP contribution in [0.3, 0.4) is 0 Å². The van der Waals surface area contributed by atoms with Crippen LogP contribution in [0.1, 0.15) is 35.6 Å². The van der Waals surface area contributed by atoms with Crippen LogP contribution in [-0.2, 0) is 16.1 Å². The minimum Gasteiger partial charge on any atom is -0.463 e. The lowest BCUT2D eigenvalue weighted by Crippen LogP contribution is -2.04. The number of ether oxygens (including phenoxy) is 1. The monoisotopic (exact) mass is 351 g/mol. The molecule has 0 unspecified atom stereocenters. The molecule has 0 bridgehead atoms. The first kappa shape index (κ1) is 16.1. The van der Waals surface area contributed by atoms with Gasteiger partial charge >= 0.3 is 0 Å². The Morgan fingerprint density at radius 3 is 2.68 bits per heavy atom. The Bertz CT molecular complexity index is 949. The number of aryl methyl sites for hydroxylation is 1. The summed E-state index contributed by atoms with van der Waals surface area (Å²) in [5.41, 5.74) is 6.24. The first-order chi connectivity index (χ1) is 12.2. The first-order valence-electron chi connectivity index (χ1n) is 8.42. The summed E-state index contributed by atoms with van der Waals surface area (Å²) in [4.78, 5) is 15.8. The van der Waals surface area contributed by atoms with Crippen LogP contribution in [0.2, 0.25) is 5.02 Å². The summed E-state index contributed by atoms with van der Waals surface area (Å²) in [6.45, 7) is 2.77. The van der Waals surface area contributed by atoms with E-state index in [-0.39, 0.29) is 6.61 Å². The van der Waals surface area contributed by atoms with Crippen LogP contribution >= 0.6 is 11.6 Å². The van der Waals surface area contributed by atoms with Crippen LogP contribution in [-0.4, -0.2) is 11.5 Å². The van der Waals surface area contributed by atoms with Gasteiger partial charge in [0.05, 0.1) is 11.2 Å². The van der Waals surface area contributed by atoms with Gasteiger partial charge in [-0.2, -0.15) is 0 Å². The molecule has 2 aromatic carbocycles. The van der Waals surface area contributed by atoms with E-state index in [1.807, 2.05) is 37.3 Å². The standard InChI is InChI=1S/C21H18ClNO2/c1-13-9-16(22)10-17-19(14-5-3-2-4-6-14)18(11-25-12-24)21(15-7-8-15)23-20(13)17/h2-6,9-10,12,15H,7-8,11H2,1H3. The summed E-state index contributed by atoms with van der Waals surface area (Å²) in [7, 11) is 0. The van der Waals surface area contributed by atoms with E-state index in [2.05, 4.69) is 12.1 Å². The van der Waals surface area contributed by atoms with Gasteiger partial charge in [-0.1, -0.05) is 41.9 Å². The summed E-state index contributed by atoms with van der Waals surface area (Å²) < 4.78 is 5.16. The lowest BCUT2D eigenvalue weighted by molar-refractivity contribution is -0.129. The maximum Gasteiger partial charge on any atom is 0.293 e. The van der Waals surface area contributed by atoms with Crippen molar-refractivity contribution in [1.82, 2.24) is 4.98 Å². The van der Waals surface area contributed by atoms with Crippen LogP contribution in [0.4, 0.5) is 0 Å². The van der Waals surface area contributed by atoms with Crippen LogP contribution in [0.5, 0.6) is 0 Å². The number of pyridine rings is 1. The maximum atomic E-state index is 10.8. The van der Waals surface area contributed by atoms with Crippen LogP contribution in [0, 0.1) is 6.92 Å². The molecule has 0 spiro atoms. The number of rotatable bonds is 5. The van der Waals surface area contributed by atoms with E-state index in [4.69, 9.17) is 21.3 Å². The smallest absolute Gasteiger partial charge is 0.293 e. The maximum absolute atomic E-state index is 10.8. The zero-order valence-corrected chi connectivity index (χ0v) is 14.7. The van der Waals surface area contributed by atoms with E-state index in [9.17, 15) is 4.79 Å². The molecule has 0 aliphatic heterocycles. The first-order valence-corrected chi connectivity index (χ1v) is 8.80. The number of halogens is 1. The Kier molecular flexibility index (Phi) is 4.18. The van der Waals surface area contributed by atoms with Crippen molar-refractivity contribution in [3.05, 3.63) is 64.3 Å². The average Bonchev–Trinajstić information content (AvgIpc) is 3.44. The molecule has 0 N–H and O–H groups in total. The molecule has 3 aromatic rings. The summed E-state index contributed by atoms with van der Waals surface area (Å²) in [6.07, 6.45) is 2.26. The minimum atomic E-state index is 0.230. The fraction of sp³-hybridized carbons (Fsp3) is 0.238. The molecule has 4 heteroatoms. The summed E-state index contributed by atoms with van der Waals surface area (Å²) in [5.74, 6) is 0.451. The van der Waals surface area contributed by atoms with Crippen molar-refractivity contribution >= 4 is 29.0 Å². The highest BCUT2D eigenvalue weighted by Gasteiger charge is 2.30. The highest BCUT2D eigenvalue weighted by atomic mass is 35.5. The highest BCUT2D eigenvalue weighted by molar-refractivity contribution is 6.31. The second kappa shape index (κ2) is 6.49. The van der Waals surface area contributed by atoms with Crippen molar-refractivity contribution in [1.29, 1.82) is 0 Å². The molecule has 4 rings (SSSR count). The molecular weight excluding hydrogens is 334 g/mol. The third-order valence-corrected chi connectivity index (χ3v) is 4.92. The molecule has 0 amide bonds. The largest absolute Gasteiger partial charge is 0.463 e. The van der Waals surface area contributed by atoms with Gasteiger partial charge in [0.15, 0.2) is 0 Å². The Balaban J connectivity index is 2.10. The normalized spacial score (nSPS) is 13.8. The molecule has 1 aliphatic carbocycles. The van der Waals surface area contributed by atoms with Crippen molar-refractivity contribution in [3.63, 3.8) is 0 Å². The van der Waals surface area contributed by atoms with Gasteiger partial charge in [-0.05, 0) is 48.6 Å². The second-order valence-corrected chi connectivity index (χ2v) is 6.95. The van der Waals surface area contributed by atoms with Crippen LogP contribution < -0.4 is 0 Å². The third-order valence-electron chi connectivity index (χ3n) is 4.70. The lowest BCUT2D eigenvalue weighted by atomic mass is 9.92. The van der Waals surface area contributed by atoms with Crippen molar-refractivity contribution in [3.8, 4) is 11.1 Å². The predicted molar refractivity (Wildman–Crippen MR) is 99.8 cm³/mol. The fourth-order valence-corrected chi connectivity index (χ4v) is 3.72. The van der Waals surface area contributed by atoms with Gasteiger partial charge in [-0.3, -0.25) is 9.78 Å². The molecule has 0 saturated heterocycles. The fourth-order valence-electron chi connectivity index (χ4n) is 3.45. The van der Waals surface area contributed by atoms with Crippen molar-refractivity contribution in [2.24, 2.45) is 0 Å².